The van der Waals surface area contributed by atoms with Gasteiger partial charge in [0, 0.05) is 12.1 Å². The van der Waals surface area contributed by atoms with E-state index in [1.54, 1.807) is 0 Å². The molecule has 0 atom stereocenters. The lowest BCUT2D eigenvalue weighted by atomic mass is 10.3. The summed E-state index contributed by atoms with van der Waals surface area (Å²) in [5, 5.41) is 10.4. The molecule has 0 aliphatic rings. The highest BCUT2D eigenvalue weighted by Crippen LogP contribution is 2.20. The second-order valence-corrected chi connectivity index (χ2v) is 3.84. The number of hydrazine groups is 1. The highest BCUT2D eigenvalue weighted by Gasteiger charge is 2.17. The van der Waals surface area contributed by atoms with E-state index in [1.165, 1.54) is 18.2 Å². The van der Waals surface area contributed by atoms with E-state index in [9.17, 15) is 18.5 Å². The number of nitro benzene ring substituents is 1. The first-order chi connectivity index (χ1) is 6.82. The van der Waals surface area contributed by atoms with Gasteiger partial charge in [0.1, 0.15) is 0 Å². The Morgan fingerprint density at radius 1 is 1.47 bits per heavy atom. The third kappa shape index (κ3) is 2.62. The molecule has 0 aliphatic heterocycles. The van der Waals surface area contributed by atoms with Crippen molar-refractivity contribution in [3.8, 4) is 0 Å². The molecule has 0 saturated heterocycles. The van der Waals surface area contributed by atoms with Crippen molar-refractivity contribution < 1.29 is 17.9 Å². The molecule has 0 bridgehead atoms. The van der Waals surface area contributed by atoms with Crippen LogP contribution in [0.1, 0.15) is 0 Å². The fraction of sp³-hybridized carbons (Fsp3) is 0. The number of hydrogen-bond acceptors (Lipinski definition) is 5. The molecule has 0 amide bonds. The highest BCUT2D eigenvalue weighted by atomic mass is 32.2. The Bertz CT molecular complexity index is 485. The minimum atomic E-state index is -4.61. The first-order valence-electron chi connectivity index (χ1n) is 3.59. The van der Waals surface area contributed by atoms with Crippen LogP contribution in [0.3, 0.4) is 0 Å². The van der Waals surface area contributed by atoms with E-state index in [4.69, 9.17) is 10.4 Å². The van der Waals surface area contributed by atoms with Gasteiger partial charge in [-0.15, -0.1) is 0 Å². The second-order valence-electron chi connectivity index (χ2n) is 2.55. The van der Waals surface area contributed by atoms with Gasteiger partial charge in [-0.2, -0.15) is 12.8 Å². The first-order valence-corrected chi connectivity index (χ1v) is 4.99. The zero-order chi connectivity index (χ0) is 11.6. The minimum Gasteiger partial charge on any atom is -0.268 e. The molecule has 0 aromatic heterocycles. The smallest absolute Gasteiger partial charge is 0.268 e. The van der Waals surface area contributed by atoms with Crippen LogP contribution in [0.2, 0.25) is 0 Å². The summed E-state index contributed by atoms with van der Waals surface area (Å²) < 4.78 is 29.8. The van der Waals surface area contributed by atoms with Crippen LogP contribution >= 0.6 is 0 Å². The third-order valence-electron chi connectivity index (χ3n) is 1.54. The molecule has 9 heteroatoms. The molecule has 82 valence electrons. The van der Waals surface area contributed by atoms with Gasteiger partial charge in [0.15, 0.2) is 0 Å². The van der Waals surface area contributed by atoms with Crippen LogP contribution in [0.25, 0.3) is 0 Å². The number of rotatable bonds is 3. The van der Waals surface area contributed by atoms with Crippen LogP contribution in [-0.2, 0) is 10.3 Å². The minimum absolute atomic E-state index is 0.0417. The van der Waals surface area contributed by atoms with Gasteiger partial charge in [-0.25, -0.2) is 5.84 Å². The molecule has 0 unspecified atom stereocenters. The van der Waals surface area contributed by atoms with Crippen molar-refractivity contribution in [1.82, 2.24) is 0 Å². The molecule has 1 rings (SSSR count). The number of non-ortho nitro benzene ring substituents is 1. The third-order valence-corrected chi connectivity index (χ3v) is 2.25. The van der Waals surface area contributed by atoms with E-state index in [1.807, 2.05) is 0 Å². The number of hydrogen-bond donors (Lipinski definition) is 2. The van der Waals surface area contributed by atoms with Gasteiger partial charge >= 0.3 is 10.3 Å². The van der Waals surface area contributed by atoms with Gasteiger partial charge in [-0.05, 0) is 6.07 Å². The zero-order valence-corrected chi connectivity index (χ0v) is 8.09. The van der Waals surface area contributed by atoms with E-state index in [2.05, 4.69) is 0 Å². The van der Waals surface area contributed by atoms with Gasteiger partial charge in [-0.3, -0.25) is 14.7 Å². The Morgan fingerprint density at radius 3 is 2.53 bits per heavy atom. The Morgan fingerprint density at radius 2 is 2.07 bits per heavy atom. The van der Waals surface area contributed by atoms with Crippen molar-refractivity contribution in [1.29, 1.82) is 0 Å². The molecule has 0 saturated carbocycles. The van der Waals surface area contributed by atoms with Crippen molar-refractivity contribution >= 4 is 21.7 Å². The van der Waals surface area contributed by atoms with E-state index in [0.717, 1.165) is 6.07 Å². The Labute approximate surface area is 84.9 Å². The summed E-state index contributed by atoms with van der Waals surface area (Å²) in [7, 11) is -4.61. The number of anilines is 1. The summed E-state index contributed by atoms with van der Waals surface area (Å²) in [4.78, 5) is 9.65. The Balaban J connectivity index is 3.17. The largest absolute Gasteiger partial charge is 0.373 e. The standard InChI is InChI=1S/C6H7N3O5S/c7-8(15(12,13)14)5-2-1-3-6(4-5)9(10)11/h1-4H,7H2,(H,12,13,14). The maximum absolute atomic E-state index is 10.6. The summed E-state index contributed by atoms with van der Waals surface area (Å²) in [5.74, 6) is 5.01. The molecular weight excluding hydrogens is 226 g/mol. The first kappa shape index (κ1) is 11.4. The van der Waals surface area contributed by atoms with E-state index in [-0.39, 0.29) is 15.8 Å². The average Bonchev–Trinajstić information content (AvgIpc) is 2.15. The van der Waals surface area contributed by atoms with Crippen LogP contribution in [0.4, 0.5) is 11.4 Å². The average molecular weight is 233 g/mol. The molecule has 3 N–H and O–H groups in total. The van der Waals surface area contributed by atoms with Crippen molar-refractivity contribution in [2.24, 2.45) is 5.84 Å². The molecule has 0 radical (unpaired) electrons. The van der Waals surface area contributed by atoms with Crippen molar-refractivity contribution in [2.75, 3.05) is 4.41 Å². The summed E-state index contributed by atoms with van der Waals surface area (Å²) in [5.41, 5.74) is -0.529. The SMILES string of the molecule is NN(c1cccc([N+](=O)[O-])c1)S(=O)(=O)O. The highest BCUT2D eigenvalue weighted by molar-refractivity contribution is 7.87. The quantitative estimate of drug-likeness (QED) is 0.329. The number of benzene rings is 1. The van der Waals surface area contributed by atoms with Gasteiger partial charge in [0.2, 0.25) is 0 Å². The predicted molar refractivity (Wildman–Crippen MR) is 51.3 cm³/mol. The van der Waals surface area contributed by atoms with E-state index >= 15 is 0 Å². The Kier molecular flexibility index (Phi) is 2.88. The normalized spacial score (nSPS) is 11.1. The maximum Gasteiger partial charge on any atom is 0.373 e. The maximum atomic E-state index is 10.6. The zero-order valence-electron chi connectivity index (χ0n) is 7.27. The second kappa shape index (κ2) is 3.81. The van der Waals surface area contributed by atoms with Crippen molar-refractivity contribution in [2.45, 2.75) is 0 Å². The van der Waals surface area contributed by atoms with Crippen LogP contribution in [0.15, 0.2) is 24.3 Å². The molecule has 1 aromatic carbocycles. The van der Waals surface area contributed by atoms with Gasteiger partial charge < -0.3 is 0 Å². The molecule has 15 heavy (non-hydrogen) atoms. The molecule has 0 heterocycles. The topological polar surface area (TPSA) is 127 Å². The fourth-order valence-electron chi connectivity index (χ4n) is 0.877. The number of nitrogens with zero attached hydrogens (tertiary/aromatic N) is 2. The van der Waals surface area contributed by atoms with Gasteiger partial charge in [-0.1, -0.05) is 6.07 Å². The summed E-state index contributed by atoms with van der Waals surface area (Å²) >= 11 is 0. The van der Waals surface area contributed by atoms with Crippen molar-refractivity contribution in [3.63, 3.8) is 0 Å². The summed E-state index contributed by atoms with van der Waals surface area (Å²) in [6.45, 7) is 0. The molecule has 1 aromatic rings. The molecular formula is C6H7N3O5S. The summed E-state index contributed by atoms with van der Waals surface area (Å²) in [6, 6.07) is 4.55. The van der Waals surface area contributed by atoms with E-state index in [0.29, 0.717) is 0 Å². The fourth-order valence-corrected chi connectivity index (χ4v) is 1.26. The van der Waals surface area contributed by atoms with Crippen LogP contribution in [-0.4, -0.2) is 17.9 Å². The van der Waals surface area contributed by atoms with Crippen LogP contribution in [0.5, 0.6) is 0 Å². The van der Waals surface area contributed by atoms with Crippen LogP contribution in [0, 0.1) is 10.1 Å². The predicted octanol–water partition coefficient (Wildman–Crippen LogP) is 0.0777. The Hall–Kier alpha value is -1.71. The summed E-state index contributed by atoms with van der Waals surface area (Å²) in [6.07, 6.45) is 0. The molecule has 0 aliphatic carbocycles. The number of nitro groups is 1. The van der Waals surface area contributed by atoms with Gasteiger partial charge in [0.05, 0.1) is 10.6 Å². The lowest BCUT2D eigenvalue weighted by molar-refractivity contribution is -0.384. The molecule has 0 fully saturated rings. The van der Waals surface area contributed by atoms with Gasteiger partial charge in [0.25, 0.3) is 5.69 Å². The number of nitrogens with two attached hydrogens (primary N) is 1. The van der Waals surface area contributed by atoms with E-state index < -0.39 is 15.2 Å². The lowest BCUT2D eigenvalue weighted by Crippen LogP contribution is -2.36. The molecule has 0 spiro atoms. The molecule has 8 nitrogen and oxygen atoms in total. The monoisotopic (exact) mass is 233 g/mol. The van der Waals surface area contributed by atoms with Crippen LogP contribution < -0.4 is 10.3 Å². The van der Waals surface area contributed by atoms with Crippen molar-refractivity contribution in [3.05, 3.63) is 34.4 Å². The lowest BCUT2D eigenvalue weighted by Gasteiger charge is -2.13.